The highest BCUT2D eigenvalue weighted by molar-refractivity contribution is 6.16. The molecule has 0 unspecified atom stereocenters. The first-order valence-electron chi connectivity index (χ1n) is 8.85. The van der Waals surface area contributed by atoms with Crippen LogP contribution >= 0.6 is 0 Å². The predicted molar refractivity (Wildman–Crippen MR) is 105 cm³/mol. The maximum Gasteiger partial charge on any atom is 0.262 e. The summed E-state index contributed by atoms with van der Waals surface area (Å²) in [6.45, 7) is 4.26. The molecule has 2 amide bonds. The van der Waals surface area contributed by atoms with Crippen LogP contribution in [-0.2, 0) is 9.59 Å². The van der Waals surface area contributed by atoms with Crippen molar-refractivity contribution in [2.75, 3.05) is 22.9 Å². The molecule has 136 valence electrons. The molecule has 5 heteroatoms. The van der Waals surface area contributed by atoms with Crippen molar-refractivity contribution < 1.29 is 14.7 Å². The van der Waals surface area contributed by atoms with E-state index in [0.29, 0.717) is 5.57 Å². The smallest absolute Gasteiger partial charge is 0.262 e. The van der Waals surface area contributed by atoms with E-state index in [2.05, 4.69) is 0 Å². The lowest BCUT2D eigenvalue weighted by molar-refractivity contribution is -0.114. The van der Waals surface area contributed by atoms with Gasteiger partial charge in [-0.1, -0.05) is 36.4 Å². The highest BCUT2D eigenvalue weighted by atomic mass is 16.3. The molecule has 0 spiro atoms. The molecule has 2 aliphatic rings. The van der Waals surface area contributed by atoms with Crippen LogP contribution in [0.25, 0.3) is 0 Å². The normalized spacial score (nSPS) is 17.2. The van der Waals surface area contributed by atoms with Crippen LogP contribution in [0.5, 0.6) is 0 Å². The Morgan fingerprint density at radius 3 is 1.96 bits per heavy atom. The van der Waals surface area contributed by atoms with Crippen molar-refractivity contribution in [1.82, 2.24) is 0 Å². The first-order valence-corrected chi connectivity index (χ1v) is 8.85. The van der Waals surface area contributed by atoms with Gasteiger partial charge in [0, 0.05) is 17.5 Å². The van der Waals surface area contributed by atoms with Crippen LogP contribution in [0.2, 0.25) is 0 Å². The molecule has 0 saturated carbocycles. The molecular formula is C22H20N2O3. The fourth-order valence-electron chi connectivity index (χ4n) is 3.68. The molecule has 0 fully saturated rings. The third-order valence-electron chi connectivity index (χ3n) is 5.08. The van der Waals surface area contributed by atoms with Crippen molar-refractivity contribution >= 4 is 23.2 Å². The van der Waals surface area contributed by atoms with Crippen molar-refractivity contribution in [3.05, 3.63) is 82.6 Å². The van der Waals surface area contributed by atoms with Crippen LogP contribution in [0, 0.1) is 13.8 Å². The van der Waals surface area contributed by atoms with Crippen molar-refractivity contribution in [3.8, 4) is 0 Å². The quantitative estimate of drug-likeness (QED) is 0.912. The molecular weight excluding hydrogens is 340 g/mol. The summed E-state index contributed by atoms with van der Waals surface area (Å²) in [4.78, 5) is 28.7. The number of anilines is 2. The van der Waals surface area contributed by atoms with Gasteiger partial charge in [-0.3, -0.25) is 9.59 Å². The minimum Gasteiger partial charge on any atom is -0.510 e. The van der Waals surface area contributed by atoms with Gasteiger partial charge in [-0.2, -0.15) is 0 Å². The Morgan fingerprint density at radius 1 is 0.815 bits per heavy atom. The van der Waals surface area contributed by atoms with E-state index in [1.165, 1.54) is 6.08 Å². The Labute approximate surface area is 157 Å². The summed E-state index contributed by atoms with van der Waals surface area (Å²) >= 11 is 0. The van der Waals surface area contributed by atoms with Crippen molar-refractivity contribution in [1.29, 1.82) is 0 Å². The molecule has 2 aliphatic heterocycles. The van der Waals surface area contributed by atoms with Gasteiger partial charge in [-0.05, 0) is 42.7 Å². The Bertz CT molecular complexity index is 1020. The lowest BCUT2D eigenvalue weighted by atomic mass is 10.1. The number of nitrogens with zero attached hydrogens (tertiary/aromatic N) is 2. The number of aliphatic hydroxyl groups excluding tert-OH is 1. The number of carbonyl (C=O) groups is 2. The monoisotopic (exact) mass is 360 g/mol. The van der Waals surface area contributed by atoms with Crippen LogP contribution in [0.1, 0.15) is 11.1 Å². The van der Waals surface area contributed by atoms with E-state index >= 15 is 0 Å². The Morgan fingerprint density at radius 2 is 1.37 bits per heavy atom. The van der Waals surface area contributed by atoms with Gasteiger partial charge in [-0.25, -0.2) is 0 Å². The highest BCUT2D eigenvalue weighted by Crippen LogP contribution is 2.34. The number of carbonyl (C=O) groups excluding carboxylic acids is 2. The minimum absolute atomic E-state index is 0.00827. The van der Waals surface area contributed by atoms with Gasteiger partial charge in [-0.15, -0.1) is 0 Å². The zero-order valence-electron chi connectivity index (χ0n) is 15.3. The van der Waals surface area contributed by atoms with E-state index in [-0.39, 0.29) is 36.2 Å². The number of aliphatic hydroxyl groups is 1. The minimum atomic E-state index is -0.271. The second-order valence-corrected chi connectivity index (χ2v) is 6.88. The molecule has 2 aromatic carbocycles. The van der Waals surface area contributed by atoms with E-state index in [4.69, 9.17) is 0 Å². The van der Waals surface area contributed by atoms with E-state index in [1.807, 2.05) is 62.4 Å². The molecule has 0 radical (unpaired) electrons. The fourth-order valence-corrected chi connectivity index (χ4v) is 3.68. The summed E-state index contributed by atoms with van der Waals surface area (Å²) in [5, 5.41) is 10.5. The van der Waals surface area contributed by atoms with Crippen molar-refractivity contribution in [2.24, 2.45) is 0 Å². The van der Waals surface area contributed by atoms with E-state index < -0.39 is 0 Å². The maximum atomic E-state index is 13.0. The number of rotatable bonds is 3. The van der Waals surface area contributed by atoms with Crippen molar-refractivity contribution in [2.45, 2.75) is 13.8 Å². The topological polar surface area (TPSA) is 60.9 Å². The van der Waals surface area contributed by atoms with Crippen LogP contribution in [0.4, 0.5) is 11.4 Å². The summed E-state index contributed by atoms with van der Waals surface area (Å²) in [5.41, 5.74) is 4.32. The number of benzene rings is 2. The summed E-state index contributed by atoms with van der Waals surface area (Å²) in [6, 6.07) is 15.2. The van der Waals surface area contributed by atoms with Crippen LogP contribution in [-0.4, -0.2) is 30.0 Å². The third-order valence-corrected chi connectivity index (χ3v) is 5.08. The van der Waals surface area contributed by atoms with E-state index in [0.717, 1.165) is 22.5 Å². The summed E-state index contributed by atoms with van der Waals surface area (Å²) in [7, 11) is 0. The molecule has 0 saturated heterocycles. The lowest BCUT2D eigenvalue weighted by Gasteiger charge is -2.20. The zero-order chi connectivity index (χ0) is 19.1. The number of hydrogen-bond acceptors (Lipinski definition) is 3. The molecule has 2 heterocycles. The zero-order valence-corrected chi connectivity index (χ0v) is 15.3. The number of aryl methyl sites for hydroxylation is 2. The number of amides is 2. The van der Waals surface area contributed by atoms with Crippen LogP contribution in [0.3, 0.4) is 0 Å². The van der Waals surface area contributed by atoms with Gasteiger partial charge >= 0.3 is 0 Å². The van der Waals surface area contributed by atoms with Crippen LogP contribution < -0.4 is 9.80 Å². The third kappa shape index (κ3) is 2.81. The Balaban J connectivity index is 1.63. The maximum absolute atomic E-state index is 13.0. The second kappa shape index (κ2) is 6.43. The fraction of sp³-hybridized carbons (Fsp3) is 0.182. The molecule has 1 N–H and O–H groups in total. The van der Waals surface area contributed by atoms with Gasteiger partial charge < -0.3 is 14.9 Å². The van der Waals surface area contributed by atoms with Gasteiger partial charge in [0.05, 0.1) is 18.7 Å². The van der Waals surface area contributed by atoms with Gasteiger partial charge in [0.25, 0.3) is 11.8 Å². The van der Waals surface area contributed by atoms with E-state index in [1.54, 1.807) is 9.80 Å². The average molecular weight is 360 g/mol. The lowest BCUT2D eigenvalue weighted by Crippen LogP contribution is -2.29. The standard InChI is InChI=1S/C22H20N2O3/c1-14-7-3-5-9-17(14)23-12-16(11-20(23)26)21-19(25)13-24(22(21)27)18-10-6-4-8-15(18)2/h3-11,25H,12-13H2,1-2H3. The molecule has 0 bridgehead atoms. The first-order chi connectivity index (χ1) is 13.0. The Kier molecular flexibility index (Phi) is 4.07. The highest BCUT2D eigenvalue weighted by Gasteiger charge is 2.37. The summed E-state index contributed by atoms with van der Waals surface area (Å²) in [6.07, 6.45) is 1.46. The molecule has 0 aliphatic carbocycles. The molecule has 0 atom stereocenters. The van der Waals surface area contributed by atoms with Gasteiger partial charge in [0.2, 0.25) is 0 Å². The van der Waals surface area contributed by atoms with Gasteiger partial charge in [0.1, 0.15) is 5.76 Å². The number of hydrogen-bond donors (Lipinski definition) is 1. The van der Waals surface area contributed by atoms with Crippen molar-refractivity contribution in [3.63, 3.8) is 0 Å². The van der Waals surface area contributed by atoms with Gasteiger partial charge in [0.15, 0.2) is 0 Å². The number of para-hydroxylation sites is 2. The molecule has 5 nitrogen and oxygen atoms in total. The molecule has 0 aromatic heterocycles. The Hall–Kier alpha value is -3.34. The summed E-state index contributed by atoms with van der Waals surface area (Å²) in [5.74, 6) is -0.442. The summed E-state index contributed by atoms with van der Waals surface area (Å²) < 4.78 is 0. The predicted octanol–water partition coefficient (Wildman–Crippen LogP) is 3.44. The van der Waals surface area contributed by atoms with Crippen LogP contribution in [0.15, 0.2) is 71.5 Å². The average Bonchev–Trinajstić information content (AvgIpc) is 3.15. The molecule has 4 rings (SSSR count). The second-order valence-electron chi connectivity index (χ2n) is 6.88. The first kappa shape index (κ1) is 17.1. The van der Waals surface area contributed by atoms with E-state index in [9.17, 15) is 14.7 Å². The largest absolute Gasteiger partial charge is 0.510 e. The molecule has 2 aromatic rings. The SMILES string of the molecule is Cc1ccccc1N1CC(C2=C(O)CN(c3ccccc3C)C2=O)=CC1=O. The molecule has 27 heavy (non-hydrogen) atoms.